The number of halogens is 2. The van der Waals surface area contributed by atoms with E-state index in [1.54, 1.807) is 17.4 Å². The lowest BCUT2D eigenvalue weighted by Gasteiger charge is -2.30. The molecule has 1 aromatic rings. The first-order chi connectivity index (χ1) is 13.1. The summed E-state index contributed by atoms with van der Waals surface area (Å²) in [7, 11) is 0. The average molecular weight is 448 g/mol. The molecular weight excluding hydrogens is 413 g/mol. The van der Waals surface area contributed by atoms with Crippen molar-refractivity contribution in [2.45, 2.75) is 82.8 Å². The molecule has 0 spiro atoms. The van der Waals surface area contributed by atoms with Gasteiger partial charge >= 0.3 is 0 Å². The van der Waals surface area contributed by atoms with Crippen molar-refractivity contribution in [1.29, 1.82) is 0 Å². The lowest BCUT2D eigenvalue weighted by Crippen LogP contribution is -2.53. The zero-order valence-corrected chi connectivity index (χ0v) is 18.8. The number of rotatable bonds is 8. The fourth-order valence-corrected chi connectivity index (χ4v) is 4.28. The minimum atomic E-state index is -0.319. The SMILES string of the molecule is C[C@@H](NC1CCCCC1)C(=O)N1CCC[C@H]1C(=O)NCCCc1cnc[nH]1.Cl.Cl. The van der Waals surface area contributed by atoms with Crippen LogP contribution < -0.4 is 10.6 Å². The standard InChI is InChI=1S/C20H33N5O2.2ClH/c1-15(24-16-7-3-2-4-8-16)20(27)25-12-6-10-18(25)19(26)22-11-5-9-17-13-21-14-23-17;;/h13-16,18,24H,2-12H2,1H3,(H,21,23)(H,22,26);2*1H/t15-,18+;;/m1../s1. The maximum absolute atomic E-state index is 12.9. The molecule has 3 rings (SSSR count). The Bertz CT molecular complexity index is 608. The van der Waals surface area contributed by atoms with Gasteiger partial charge in [-0.1, -0.05) is 19.3 Å². The Kier molecular flexibility index (Phi) is 11.6. The normalized spacial score (nSPS) is 20.4. The molecule has 1 saturated carbocycles. The first-order valence-corrected chi connectivity index (χ1v) is 10.5. The van der Waals surface area contributed by atoms with Gasteiger partial charge in [-0.3, -0.25) is 9.59 Å². The number of nitrogens with zero attached hydrogens (tertiary/aromatic N) is 2. The largest absolute Gasteiger partial charge is 0.354 e. The Morgan fingerprint density at radius 2 is 1.97 bits per heavy atom. The second kappa shape index (κ2) is 13.1. The lowest BCUT2D eigenvalue weighted by atomic mass is 9.95. The molecule has 1 aliphatic carbocycles. The number of H-pyrrole nitrogens is 1. The summed E-state index contributed by atoms with van der Waals surface area (Å²) in [4.78, 5) is 34.3. The molecule has 2 heterocycles. The summed E-state index contributed by atoms with van der Waals surface area (Å²) in [6.45, 7) is 3.24. The van der Waals surface area contributed by atoms with E-state index in [1.807, 2.05) is 6.92 Å². The van der Waals surface area contributed by atoms with Gasteiger partial charge < -0.3 is 20.5 Å². The molecule has 0 bridgehead atoms. The van der Waals surface area contributed by atoms with Gasteiger partial charge in [-0.2, -0.15) is 0 Å². The number of aromatic nitrogens is 2. The van der Waals surface area contributed by atoms with E-state index in [0.717, 1.165) is 44.2 Å². The number of carbonyl (C=O) groups excluding carboxylic acids is 2. The van der Waals surface area contributed by atoms with Gasteiger partial charge in [-0.25, -0.2) is 4.98 Å². The zero-order valence-electron chi connectivity index (χ0n) is 17.2. The molecule has 1 aromatic heterocycles. The molecule has 1 aliphatic heterocycles. The highest BCUT2D eigenvalue weighted by Gasteiger charge is 2.36. The van der Waals surface area contributed by atoms with Crippen LogP contribution in [-0.4, -0.2) is 57.9 Å². The molecule has 1 saturated heterocycles. The summed E-state index contributed by atoms with van der Waals surface area (Å²) in [5, 5.41) is 6.50. The number of aryl methyl sites for hydroxylation is 1. The molecular formula is C20H35Cl2N5O2. The van der Waals surface area contributed by atoms with Crippen LogP contribution in [0.15, 0.2) is 12.5 Å². The van der Waals surface area contributed by atoms with Gasteiger partial charge in [0.25, 0.3) is 0 Å². The number of amides is 2. The van der Waals surface area contributed by atoms with Gasteiger partial charge in [0.2, 0.25) is 11.8 Å². The number of carbonyl (C=O) groups is 2. The van der Waals surface area contributed by atoms with Gasteiger partial charge in [0.1, 0.15) is 6.04 Å². The third-order valence-corrected chi connectivity index (χ3v) is 5.78. The van der Waals surface area contributed by atoms with Crippen LogP contribution in [-0.2, 0) is 16.0 Å². The summed E-state index contributed by atoms with van der Waals surface area (Å²) < 4.78 is 0. The minimum absolute atomic E-state index is 0. The fourth-order valence-electron chi connectivity index (χ4n) is 4.28. The third kappa shape index (κ3) is 7.46. The van der Waals surface area contributed by atoms with Crippen molar-refractivity contribution < 1.29 is 9.59 Å². The number of aromatic amines is 1. The van der Waals surface area contributed by atoms with E-state index >= 15 is 0 Å². The van der Waals surface area contributed by atoms with E-state index in [0.29, 0.717) is 19.1 Å². The number of imidazole rings is 1. The summed E-state index contributed by atoms with van der Waals surface area (Å²) in [6, 6.07) is -0.0998. The van der Waals surface area contributed by atoms with Crippen molar-refractivity contribution in [3.8, 4) is 0 Å². The maximum Gasteiger partial charge on any atom is 0.242 e. The van der Waals surface area contributed by atoms with E-state index < -0.39 is 0 Å². The van der Waals surface area contributed by atoms with E-state index in [9.17, 15) is 9.59 Å². The Morgan fingerprint density at radius 3 is 2.66 bits per heavy atom. The summed E-state index contributed by atoms with van der Waals surface area (Å²) >= 11 is 0. The molecule has 29 heavy (non-hydrogen) atoms. The van der Waals surface area contributed by atoms with Crippen molar-refractivity contribution in [1.82, 2.24) is 25.5 Å². The predicted octanol–water partition coefficient (Wildman–Crippen LogP) is 2.60. The van der Waals surface area contributed by atoms with Crippen LogP contribution in [0.5, 0.6) is 0 Å². The second-order valence-electron chi connectivity index (χ2n) is 7.88. The summed E-state index contributed by atoms with van der Waals surface area (Å²) in [5.41, 5.74) is 1.07. The van der Waals surface area contributed by atoms with Crippen molar-refractivity contribution in [3.63, 3.8) is 0 Å². The highest BCUT2D eigenvalue weighted by atomic mass is 35.5. The van der Waals surface area contributed by atoms with Crippen molar-refractivity contribution in [3.05, 3.63) is 18.2 Å². The molecule has 0 radical (unpaired) electrons. The van der Waals surface area contributed by atoms with Gasteiger partial charge in [0.15, 0.2) is 0 Å². The average Bonchev–Trinajstić information content (AvgIpc) is 3.37. The van der Waals surface area contributed by atoms with Crippen LogP contribution in [0.2, 0.25) is 0 Å². The topological polar surface area (TPSA) is 90.1 Å². The van der Waals surface area contributed by atoms with Crippen molar-refractivity contribution in [2.75, 3.05) is 13.1 Å². The van der Waals surface area contributed by atoms with Crippen molar-refractivity contribution in [2.24, 2.45) is 0 Å². The van der Waals surface area contributed by atoms with E-state index in [2.05, 4.69) is 20.6 Å². The Hall–Kier alpha value is -1.31. The number of likely N-dealkylation sites (tertiary alicyclic amines) is 1. The van der Waals surface area contributed by atoms with Crippen LogP contribution in [0.4, 0.5) is 0 Å². The van der Waals surface area contributed by atoms with Gasteiger partial charge in [-0.15, -0.1) is 24.8 Å². The number of hydrogen-bond acceptors (Lipinski definition) is 4. The van der Waals surface area contributed by atoms with Crippen LogP contribution >= 0.6 is 24.8 Å². The van der Waals surface area contributed by atoms with Crippen molar-refractivity contribution >= 4 is 36.6 Å². The third-order valence-electron chi connectivity index (χ3n) is 5.78. The highest BCUT2D eigenvalue weighted by Crippen LogP contribution is 2.21. The second-order valence-corrected chi connectivity index (χ2v) is 7.88. The molecule has 166 valence electrons. The predicted molar refractivity (Wildman–Crippen MR) is 119 cm³/mol. The minimum Gasteiger partial charge on any atom is -0.354 e. The van der Waals surface area contributed by atoms with Crippen LogP contribution in [0.3, 0.4) is 0 Å². The first kappa shape index (κ1) is 25.7. The Balaban J connectivity index is 0.00000210. The molecule has 0 aromatic carbocycles. The highest BCUT2D eigenvalue weighted by molar-refractivity contribution is 5.90. The molecule has 0 unspecified atom stereocenters. The van der Waals surface area contributed by atoms with Gasteiger partial charge in [0, 0.05) is 31.0 Å². The number of nitrogens with one attached hydrogen (secondary N) is 3. The lowest BCUT2D eigenvalue weighted by molar-refractivity contribution is -0.139. The molecule has 2 aliphatic rings. The maximum atomic E-state index is 12.9. The van der Waals surface area contributed by atoms with E-state index in [4.69, 9.17) is 0 Å². The van der Waals surface area contributed by atoms with Gasteiger partial charge in [0.05, 0.1) is 12.4 Å². The summed E-state index contributed by atoms with van der Waals surface area (Å²) in [5.74, 6) is 0.0472. The van der Waals surface area contributed by atoms with Crippen LogP contribution in [0.1, 0.15) is 64.0 Å². The van der Waals surface area contributed by atoms with Crippen LogP contribution in [0.25, 0.3) is 0 Å². The first-order valence-electron chi connectivity index (χ1n) is 10.5. The molecule has 2 fully saturated rings. The quantitative estimate of drug-likeness (QED) is 0.534. The Morgan fingerprint density at radius 1 is 1.21 bits per heavy atom. The summed E-state index contributed by atoms with van der Waals surface area (Å²) in [6.07, 6.45) is 12.9. The zero-order chi connectivity index (χ0) is 19.1. The van der Waals surface area contributed by atoms with E-state index in [-0.39, 0.29) is 48.7 Å². The fraction of sp³-hybridized carbons (Fsp3) is 0.750. The van der Waals surface area contributed by atoms with E-state index in [1.165, 1.54) is 19.3 Å². The Labute approximate surface area is 186 Å². The van der Waals surface area contributed by atoms with Gasteiger partial charge in [-0.05, 0) is 45.4 Å². The number of hydrogen-bond donors (Lipinski definition) is 3. The smallest absolute Gasteiger partial charge is 0.242 e. The molecule has 2 atom stereocenters. The van der Waals surface area contributed by atoms with Crippen LogP contribution in [0, 0.1) is 0 Å². The monoisotopic (exact) mass is 447 g/mol. The molecule has 2 amide bonds. The molecule has 9 heteroatoms. The molecule has 3 N–H and O–H groups in total. The molecule has 7 nitrogen and oxygen atoms in total.